The van der Waals surface area contributed by atoms with Crippen LogP contribution in [0.4, 0.5) is 5.13 Å². The van der Waals surface area contributed by atoms with Gasteiger partial charge >= 0.3 is 0 Å². The van der Waals surface area contributed by atoms with Crippen molar-refractivity contribution in [2.24, 2.45) is 5.92 Å². The van der Waals surface area contributed by atoms with Crippen LogP contribution >= 0.6 is 22.7 Å². The van der Waals surface area contributed by atoms with E-state index in [2.05, 4.69) is 15.6 Å². The summed E-state index contributed by atoms with van der Waals surface area (Å²) < 4.78 is 0. The Bertz CT molecular complexity index is 676. The van der Waals surface area contributed by atoms with Gasteiger partial charge in [0.15, 0.2) is 5.13 Å². The Morgan fingerprint density at radius 3 is 2.55 bits per heavy atom. The Balaban J connectivity index is 2.08. The Hall–Kier alpha value is -1.73. The highest BCUT2D eigenvalue weighted by molar-refractivity contribution is 7.17. The third-order valence-corrected chi connectivity index (χ3v) is 4.82. The number of amides is 2. The molecule has 0 fully saturated rings. The molecule has 0 aliphatic carbocycles. The van der Waals surface area contributed by atoms with Crippen molar-refractivity contribution in [2.45, 2.75) is 33.7 Å². The van der Waals surface area contributed by atoms with Crippen LogP contribution in [0.2, 0.25) is 0 Å². The van der Waals surface area contributed by atoms with Gasteiger partial charge in [-0.05, 0) is 25.0 Å². The second-order valence-corrected chi connectivity index (χ2v) is 7.51. The molecule has 1 atom stereocenters. The summed E-state index contributed by atoms with van der Waals surface area (Å²) in [6.07, 6.45) is 0. The molecule has 0 radical (unpaired) electrons. The standard InChI is InChI=1S/C15H19N3O2S2/c1-8(2)13(16-10(4)19)14(20)18-15-17-11(7-21-15)12-6-5-9(3)22-12/h5-8,13H,1-4H3,(H,16,19)(H,17,18,20)/t13-/m0/s1. The smallest absolute Gasteiger partial charge is 0.248 e. The topological polar surface area (TPSA) is 71.1 Å². The maximum atomic E-state index is 12.3. The summed E-state index contributed by atoms with van der Waals surface area (Å²) in [6, 6.07) is 3.51. The SMILES string of the molecule is CC(=O)N[C@H](C(=O)Nc1nc(-c2ccc(C)s2)cs1)C(C)C. The Kier molecular flexibility index (Phi) is 5.31. The maximum absolute atomic E-state index is 12.3. The Morgan fingerprint density at radius 1 is 1.27 bits per heavy atom. The number of aryl methyl sites for hydroxylation is 1. The van der Waals surface area contributed by atoms with E-state index >= 15 is 0 Å². The molecule has 2 amide bonds. The maximum Gasteiger partial charge on any atom is 0.248 e. The van der Waals surface area contributed by atoms with Gasteiger partial charge < -0.3 is 10.6 Å². The number of anilines is 1. The molecule has 2 aromatic heterocycles. The number of nitrogens with one attached hydrogen (secondary N) is 2. The van der Waals surface area contributed by atoms with Gasteiger partial charge in [-0.25, -0.2) is 4.98 Å². The first kappa shape index (κ1) is 16.6. The van der Waals surface area contributed by atoms with Crippen LogP contribution in [0.1, 0.15) is 25.6 Å². The van der Waals surface area contributed by atoms with E-state index in [1.54, 1.807) is 11.3 Å². The van der Waals surface area contributed by atoms with Crippen molar-refractivity contribution in [1.29, 1.82) is 0 Å². The third kappa shape index (κ3) is 4.14. The number of rotatable bonds is 5. The van der Waals surface area contributed by atoms with Crippen molar-refractivity contribution in [3.8, 4) is 10.6 Å². The molecular formula is C15H19N3O2S2. The van der Waals surface area contributed by atoms with E-state index < -0.39 is 6.04 Å². The lowest BCUT2D eigenvalue weighted by molar-refractivity contribution is -0.126. The highest BCUT2D eigenvalue weighted by atomic mass is 32.1. The molecule has 7 heteroatoms. The van der Waals surface area contributed by atoms with Crippen molar-refractivity contribution >= 4 is 39.6 Å². The Labute approximate surface area is 137 Å². The van der Waals surface area contributed by atoms with Crippen LogP contribution < -0.4 is 10.6 Å². The van der Waals surface area contributed by atoms with Gasteiger partial charge in [-0.15, -0.1) is 22.7 Å². The van der Waals surface area contributed by atoms with Gasteiger partial charge in [-0.2, -0.15) is 0 Å². The number of nitrogens with zero attached hydrogens (tertiary/aromatic N) is 1. The van der Waals surface area contributed by atoms with E-state index in [1.807, 2.05) is 38.3 Å². The predicted molar refractivity (Wildman–Crippen MR) is 91.2 cm³/mol. The molecule has 5 nitrogen and oxygen atoms in total. The summed E-state index contributed by atoms with van der Waals surface area (Å²) in [5.41, 5.74) is 0.860. The second kappa shape index (κ2) is 7.02. The minimum Gasteiger partial charge on any atom is -0.344 e. The van der Waals surface area contributed by atoms with Gasteiger partial charge in [0.05, 0.1) is 10.6 Å². The first-order valence-corrected chi connectivity index (χ1v) is 8.66. The zero-order valence-corrected chi connectivity index (χ0v) is 14.6. The number of hydrogen-bond acceptors (Lipinski definition) is 5. The molecule has 2 N–H and O–H groups in total. The lowest BCUT2D eigenvalue weighted by Crippen LogP contribution is -2.46. The quantitative estimate of drug-likeness (QED) is 0.879. The highest BCUT2D eigenvalue weighted by Gasteiger charge is 2.23. The summed E-state index contributed by atoms with van der Waals surface area (Å²) >= 11 is 3.05. The number of thiazole rings is 1. The van der Waals surface area contributed by atoms with Crippen LogP contribution in [0.25, 0.3) is 10.6 Å². The van der Waals surface area contributed by atoms with Crippen molar-refractivity contribution in [3.05, 3.63) is 22.4 Å². The molecule has 2 heterocycles. The molecule has 0 aliphatic rings. The molecule has 0 unspecified atom stereocenters. The number of carbonyl (C=O) groups excluding carboxylic acids is 2. The molecule has 2 rings (SSSR count). The largest absolute Gasteiger partial charge is 0.344 e. The number of aromatic nitrogens is 1. The fourth-order valence-corrected chi connectivity index (χ4v) is 3.57. The van der Waals surface area contributed by atoms with Crippen LogP contribution in [0, 0.1) is 12.8 Å². The van der Waals surface area contributed by atoms with Crippen molar-refractivity contribution in [1.82, 2.24) is 10.3 Å². The third-order valence-electron chi connectivity index (χ3n) is 3.04. The number of hydrogen-bond donors (Lipinski definition) is 2. The monoisotopic (exact) mass is 337 g/mol. The van der Waals surface area contributed by atoms with Gasteiger partial charge in [0, 0.05) is 17.2 Å². The molecule has 0 saturated heterocycles. The van der Waals surface area contributed by atoms with Gasteiger partial charge in [0.1, 0.15) is 6.04 Å². The second-order valence-electron chi connectivity index (χ2n) is 5.36. The zero-order valence-electron chi connectivity index (χ0n) is 13.0. The van der Waals surface area contributed by atoms with Crippen molar-refractivity contribution in [3.63, 3.8) is 0 Å². The molecule has 0 aliphatic heterocycles. The minimum atomic E-state index is -0.561. The molecule has 118 valence electrons. The van der Waals surface area contributed by atoms with Crippen molar-refractivity contribution < 1.29 is 9.59 Å². The van der Waals surface area contributed by atoms with Gasteiger partial charge in [-0.1, -0.05) is 13.8 Å². The summed E-state index contributed by atoms with van der Waals surface area (Å²) in [7, 11) is 0. The minimum absolute atomic E-state index is 0.00304. The molecule has 0 aromatic carbocycles. The highest BCUT2D eigenvalue weighted by Crippen LogP contribution is 2.30. The van der Waals surface area contributed by atoms with Crippen LogP contribution in [0.5, 0.6) is 0 Å². The molecule has 0 bridgehead atoms. The summed E-state index contributed by atoms with van der Waals surface area (Å²) in [6.45, 7) is 7.23. The molecular weight excluding hydrogens is 318 g/mol. The fourth-order valence-electron chi connectivity index (χ4n) is 1.95. The molecule has 0 spiro atoms. The average Bonchev–Trinajstić information content (AvgIpc) is 3.04. The van der Waals surface area contributed by atoms with Gasteiger partial charge in [-0.3, -0.25) is 9.59 Å². The van der Waals surface area contributed by atoms with Crippen LogP contribution in [-0.4, -0.2) is 22.8 Å². The predicted octanol–water partition coefficient (Wildman–Crippen LogP) is 3.28. The van der Waals surface area contributed by atoms with E-state index in [0.29, 0.717) is 5.13 Å². The Morgan fingerprint density at radius 2 is 2.00 bits per heavy atom. The van der Waals surface area contributed by atoms with Crippen LogP contribution in [0.3, 0.4) is 0 Å². The lowest BCUT2D eigenvalue weighted by Gasteiger charge is -2.20. The van der Waals surface area contributed by atoms with Gasteiger partial charge in [0.2, 0.25) is 11.8 Å². The molecule has 2 aromatic rings. The normalized spacial score (nSPS) is 12.2. The van der Waals surface area contributed by atoms with Crippen LogP contribution in [0.15, 0.2) is 17.5 Å². The summed E-state index contributed by atoms with van der Waals surface area (Å²) in [5.74, 6) is -0.459. The lowest BCUT2D eigenvalue weighted by atomic mass is 10.0. The van der Waals surface area contributed by atoms with E-state index in [9.17, 15) is 9.59 Å². The molecule has 0 saturated carbocycles. The fraction of sp³-hybridized carbons (Fsp3) is 0.400. The first-order valence-electron chi connectivity index (χ1n) is 6.97. The average molecular weight is 337 g/mol. The first-order chi connectivity index (χ1) is 10.4. The van der Waals surface area contributed by atoms with E-state index in [4.69, 9.17) is 0 Å². The van der Waals surface area contributed by atoms with E-state index in [0.717, 1.165) is 10.6 Å². The van der Waals surface area contributed by atoms with Crippen LogP contribution in [-0.2, 0) is 9.59 Å². The summed E-state index contributed by atoms with van der Waals surface area (Å²) in [5, 5.41) is 7.92. The van der Waals surface area contributed by atoms with Crippen molar-refractivity contribution in [2.75, 3.05) is 5.32 Å². The number of carbonyl (C=O) groups is 2. The van der Waals surface area contributed by atoms with E-state index in [-0.39, 0.29) is 17.7 Å². The number of thiophene rings is 1. The molecule has 22 heavy (non-hydrogen) atoms. The van der Waals surface area contributed by atoms with Gasteiger partial charge in [0.25, 0.3) is 0 Å². The van der Waals surface area contributed by atoms with E-state index in [1.165, 1.54) is 23.1 Å². The zero-order chi connectivity index (χ0) is 16.3. The summed E-state index contributed by atoms with van der Waals surface area (Å²) in [4.78, 5) is 30.2.